The molecule has 2 amide bonds. The average molecular weight is 397 g/mol. The van der Waals surface area contributed by atoms with E-state index in [2.05, 4.69) is 5.32 Å². The molecule has 2 unspecified atom stereocenters. The summed E-state index contributed by atoms with van der Waals surface area (Å²) in [6.07, 6.45) is 2.16. The van der Waals surface area contributed by atoms with E-state index in [1.54, 1.807) is 4.90 Å². The lowest BCUT2D eigenvalue weighted by molar-refractivity contribution is -0.139. The van der Waals surface area contributed by atoms with Crippen molar-refractivity contribution in [1.82, 2.24) is 10.2 Å². The summed E-state index contributed by atoms with van der Waals surface area (Å²) in [5, 5.41) is 12.3. The summed E-state index contributed by atoms with van der Waals surface area (Å²) in [5.74, 6) is -1.02. The number of hydrogen-bond acceptors (Lipinski definition) is 2. The molecule has 156 valence electrons. The number of carboxylic acids is 1. The first-order valence-corrected chi connectivity index (χ1v) is 10.4. The van der Waals surface area contributed by atoms with E-state index >= 15 is 0 Å². The number of urea groups is 1. The molecule has 1 heterocycles. The van der Waals surface area contributed by atoms with Crippen LogP contribution in [-0.4, -0.2) is 40.1 Å². The van der Waals surface area contributed by atoms with E-state index in [-0.39, 0.29) is 24.5 Å². The van der Waals surface area contributed by atoms with Crippen LogP contribution in [0.4, 0.5) is 4.79 Å². The minimum Gasteiger partial charge on any atom is -0.480 e. The Labute approximate surface area is 173 Å². The molecule has 2 N–H and O–H groups in total. The zero-order valence-corrected chi connectivity index (χ0v) is 17.8. The fraction of sp³-hybridized carbons (Fsp3) is 0.417. The number of nitrogens with one attached hydrogen (secondary N) is 1. The lowest BCUT2D eigenvalue weighted by Gasteiger charge is -2.28. The number of rotatable bonds is 5. The van der Waals surface area contributed by atoms with Crippen LogP contribution >= 0.6 is 0 Å². The summed E-state index contributed by atoms with van der Waals surface area (Å²) >= 11 is 0. The molecule has 0 radical (unpaired) electrons. The molecular weight excluding hydrogens is 364 g/mol. The number of carbonyl (C=O) groups excluding carboxylic acids is 1. The molecule has 0 saturated carbocycles. The third-order valence-electron chi connectivity index (χ3n) is 5.28. The monoisotopic (exact) mass is 396 g/mol. The van der Waals surface area contributed by atoms with Gasteiger partial charge < -0.3 is 15.3 Å². The summed E-state index contributed by atoms with van der Waals surface area (Å²) in [5.41, 5.74) is 3.07. The Morgan fingerprint density at radius 1 is 0.966 bits per heavy atom. The van der Waals surface area contributed by atoms with Crippen molar-refractivity contribution in [2.24, 2.45) is 0 Å². The van der Waals surface area contributed by atoms with E-state index in [9.17, 15) is 14.7 Å². The number of nitrogens with zero attached hydrogens (tertiary/aromatic N) is 1. The summed E-state index contributed by atoms with van der Waals surface area (Å²) < 4.78 is 0. The van der Waals surface area contributed by atoms with Crippen molar-refractivity contribution in [3.63, 3.8) is 0 Å². The zero-order valence-electron chi connectivity index (χ0n) is 17.8. The second-order valence-corrected chi connectivity index (χ2v) is 7.29. The predicted molar refractivity (Wildman–Crippen MR) is 117 cm³/mol. The molecular formula is C24H32N2O3. The van der Waals surface area contributed by atoms with E-state index in [0.29, 0.717) is 0 Å². The Bertz CT molecular complexity index is 780. The molecule has 0 bridgehead atoms. The maximum atomic E-state index is 12.6. The summed E-state index contributed by atoms with van der Waals surface area (Å²) in [7, 11) is 0. The highest BCUT2D eigenvalue weighted by molar-refractivity contribution is 5.83. The molecule has 29 heavy (non-hydrogen) atoms. The normalized spacial score (nSPS) is 19.1. The third kappa shape index (κ3) is 5.83. The Kier molecular flexibility index (Phi) is 8.25. The van der Waals surface area contributed by atoms with Gasteiger partial charge in [0.15, 0.2) is 0 Å². The van der Waals surface area contributed by atoms with Gasteiger partial charge in [0.2, 0.25) is 0 Å². The van der Waals surface area contributed by atoms with Gasteiger partial charge in [-0.2, -0.15) is 0 Å². The standard InChI is InChI=1S/C22H26N2O3.C2H6/c1-15-8-9-16(2)24(15)22(27)23-20(21(25)26)14-17-10-12-19(13-11-17)18-6-4-3-5-7-18;1-2/h3-7,10-13,15-16,20H,8-9,14H2,1-2H3,(H,23,27)(H,25,26);1-2H3/t15?,16?,20-;/m1./s1. The van der Waals surface area contributed by atoms with Crippen molar-refractivity contribution in [1.29, 1.82) is 0 Å². The van der Waals surface area contributed by atoms with Crippen molar-refractivity contribution < 1.29 is 14.7 Å². The van der Waals surface area contributed by atoms with Gasteiger partial charge >= 0.3 is 12.0 Å². The van der Waals surface area contributed by atoms with Gasteiger partial charge in [0.05, 0.1) is 0 Å². The second-order valence-electron chi connectivity index (χ2n) is 7.29. The molecule has 5 nitrogen and oxygen atoms in total. The molecule has 1 aliphatic heterocycles. The van der Waals surface area contributed by atoms with Crippen LogP contribution in [0.15, 0.2) is 54.6 Å². The van der Waals surface area contributed by atoms with Crippen molar-refractivity contribution >= 4 is 12.0 Å². The van der Waals surface area contributed by atoms with Gasteiger partial charge in [0.1, 0.15) is 6.04 Å². The molecule has 1 fully saturated rings. The van der Waals surface area contributed by atoms with E-state index in [1.807, 2.05) is 82.3 Å². The SMILES string of the molecule is CC.CC1CCC(C)N1C(=O)N[C@H](Cc1ccc(-c2ccccc2)cc1)C(=O)O. The highest BCUT2D eigenvalue weighted by Gasteiger charge is 2.33. The van der Waals surface area contributed by atoms with Crippen LogP contribution in [0, 0.1) is 0 Å². The number of carbonyl (C=O) groups is 2. The first kappa shape index (κ1) is 22.5. The van der Waals surface area contributed by atoms with E-state index in [0.717, 1.165) is 29.5 Å². The van der Waals surface area contributed by atoms with Gasteiger partial charge in [-0.15, -0.1) is 0 Å². The zero-order chi connectivity index (χ0) is 21.4. The molecule has 3 rings (SSSR count). The van der Waals surface area contributed by atoms with Crippen LogP contribution in [-0.2, 0) is 11.2 Å². The minimum absolute atomic E-state index is 0.139. The summed E-state index contributed by atoms with van der Waals surface area (Å²) in [4.78, 5) is 26.0. The van der Waals surface area contributed by atoms with Gasteiger partial charge in [-0.3, -0.25) is 0 Å². The Morgan fingerprint density at radius 2 is 1.48 bits per heavy atom. The molecule has 2 aromatic carbocycles. The van der Waals surface area contributed by atoms with Crippen LogP contribution in [0.5, 0.6) is 0 Å². The van der Waals surface area contributed by atoms with Gasteiger partial charge in [-0.25, -0.2) is 9.59 Å². The molecule has 0 aliphatic carbocycles. The number of carboxylic acid groups (broad SMARTS) is 1. The van der Waals surface area contributed by atoms with Gasteiger partial charge in [0, 0.05) is 18.5 Å². The van der Waals surface area contributed by atoms with Crippen LogP contribution in [0.25, 0.3) is 11.1 Å². The molecule has 0 spiro atoms. The smallest absolute Gasteiger partial charge is 0.326 e. The van der Waals surface area contributed by atoms with Crippen LogP contribution in [0.3, 0.4) is 0 Å². The number of aliphatic carboxylic acids is 1. The van der Waals surface area contributed by atoms with E-state index < -0.39 is 12.0 Å². The Morgan fingerprint density at radius 3 is 2.00 bits per heavy atom. The fourth-order valence-electron chi connectivity index (χ4n) is 3.72. The molecule has 1 saturated heterocycles. The largest absolute Gasteiger partial charge is 0.480 e. The van der Waals surface area contributed by atoms with Crippen LogP contribution < -0.4 is 5.32 Å². The van der Waals surface area contributed by atoms with Crippen molar-refractivity contribution in [3.8, 4) is 11.1 Å². The molecule has 2 aromatic rings. The number of hydrogen-bond donors (Lipinski definition) is 2. The van der Waals surface area contributed by atoms with E-state index in [4.69, 9.17) is 0 Å². The Hall–Kier alpha value is -2.82. The lowest BCUT2D eigenvalue weighted by atomic mass is 10.0. The first-order chi connectivity index (χ1) is 14.0. The highest BCUT2D eigenvalue weighted by Crippen LogP contribution is 2.24. The van der Waals surface area contributed by atoms with Gasteiger partial charge in [0.25, 0.3) is 0 Å². The number of amides is 2. The van der Waals surface area contributed by atoms with Crippen LogP contribution in [0.2, 0.25) is 0 Å². The number of benzene rings is 2. The molecule has 5 heteroatoms. The topological polar surface area (TPSA) is 69.6 Å². The molecule has 1 aliphatic rings. The van der Waals surface area contributed by atoms with Crippen molar-refractivity contribution in [2.45, 2.75) is 65.1 Å². The summed E-state index contributed by atoms with van der Waals surface area (Å²) in [6.45, 7) is 8.00. The molecule has 3 atom stereocenters. The molecule has 0 aromatic heterocycles. The highest BCUT2D eigenvalue weighted by atomic mass is 16.4. The fourth-order valence-corrected chi connectivity index (χ4v) is 3.72. The maximum absolute atomic E-state index is 12.6. The quantitative estimate of drug-likeness (QED) is 0.751. The van der Waals surface area contributed by atoms with Crippen molar-refractivity contribution in [2.75, 3.05) is 0 Å². The van der Waals surface area contributed by atoms with Gasteiger partial charge in [-0.05, 0) is 43.4 Å². The number of likely N-dealkylation sites (tertiary alicyclic amines) is 1. The predicted octanol–water partition coefficient (Wildman–Crippen LogP) is 4.96. The maximum Gasteiger partial charge on any atom is 0.326 e. The van der Waals surface area contributed by atoms with Gasteiger partial charge in [-0.1, -0.05) is 68.4 Å². The van der Waals surface area contributed by atoms with E-state index in [1.165, 1.54) is 0 Å². The summed E-state index contributed by atoms with van der Waals surface area (Å²) in [6, 6.07) is 16.9. The van der Waals surface area contributed by atoms with Crippen molar-refractivity contribution in [3.05, 3.63) is 60.2 Å². The average Bonchev–Trinajstić information content (AvgIpc) is 3.08. The first-order valence-electron chi connectivity index (χ1n) is 10.4. The van der Waals surface area contributed by atoms with Crippen LogP contribution in [0.1, 0.15) is 46.1 Å². The third-order valence-corrected chi connectivity index (χ3v) is 5.28. The minimum atomic E-state index is -1.02. The second kappa shape index (κ2) is 10.6. The lowest BCUT2D eigenvalue weighted by Crippen LogP contribution is -2.51. The Balaban J connectivity index is 0.00000145.